The zero-order valence-electron chi connectivity index (χ0n) is 9.03. The third kappa shape index (κ3) is 3.14. The average Bonchev–Trinajstić information content (AvgIpc) is 2.29. The van der Waals surface area contributed by atoms with Gasteiger partial charge in [0.05, 0.1) is 6.04 Å². The number of nitrogens with one attached hydrogen (secondary N) is 1. The summed E-state index contributed by atoms with van der Waals surface area (Å²) < 4.78 is 5.80. The Morgan fingerprint density at radius 3 is 3.07 bits per heavy atom. The van der Waals surface area contributed by atoms with Crippen molar-refractivity contribution in [3.05, 3.63) is 29.8 Å². The highest BCUT2D eigenvalue weighted by Gasteiger charge is 2.13. The lowest BCUT2D eigenvalue weighted by Crippen LogP contribution is -2.41. The molecule has 2 rings (SSSR count). The standard InChI is InChI=1S/C12H17NOS/c1-10-4-2-3-5-12(10)14-8-11-9-15-7-6-13-11/h2-5,11,13H,6-9H2,1H3. The second-order valence-corrected chi connectivity index (χ2v) is 4.95. The molecule has 0 amide bonds. The van der Waals surface area contributed by atoms with Crippen molar-refractivity contribution in [3.8, 4) is 5.75 Å². The quantitative estimate of drug-likeness (QED) is 0.847. The molecule has 1 aromatic rings. The average molecular weight is 223 g/mol. The van der Waals surface area contributed by atoms with Crippen LogP contribution >= 0.6 is 11.8 Å². The second kappa shape index (κ2) is 5.42. The maximum absolute atomic E-state index is 5.80. The topological polar surface area (TPSA) is 21.3 Å². The molecule has 1 unspecified atom stereocenters. The molecule has 0 spiro atoms. The molecule has 1 N–H and O–H groups in total. The van der Waals surface area contributed by atoms with E-state index in [4.69, 9.17) is 4.74 Å². The van der Waals surface area contributed by atoms with Gasteiger partial charge in [0.2, 0.25) is 0 Å². The fraction of sp³-hybridized carbons (Fsp3) is 0.500. The molecular weight excluding hydrogens is 206 g/mol. The van der Waals surface area contributed by atoms with E-state index in [1.165, 1.54) is 11.3 Å². The van der Waals surface area contributed by atoms with E-state index in [1.807, 2.05) is 30.0 Å². The number of aryl methyl sites for hydroxylation is 1. The van der Waals surface area contributed by atoms with E-state index in [9.17, 15) is 0 Å². The summed E-state index contributed by atoms with van der Waals surface area (Å²) in [6.45, 7) is 3.96. The summed E-state index contributed by atoms with van der Waals surface area (Å²) in [5.74, 6) is 3.39. The van der Waals surface area contributed by atoms with Crippen LogP contribution in [0, 0.1) is 6.92 Å². The molecule has 1 saturated heterocycles. The summed E-state index contributed by atoms with van der Waals surface area (Å²) in [6, 6.07) is 8.68. The molecular formula is C12H17NOS. The van der Waals surface area contributed by atoms with Crippen molar-refractivity contribution in [2.75, 3.05) is 24.7 Å². The molecule has 1 atom stereocenters. The predicted octanol–water partition coefficient (Wildman–Crippen LogP) is 2.08. The van der Waals surface area contributed by atoms with E-state index >= 15 is 0 Å². The van der Waals surface area contributed by atoms with Gasteiger partial charge in [-0.2, -0.15) is 11.8 Å². The number of benzene rings is 1. The molecule has 1 aliphatic rings. The lowest BCUT2D eigenvalue weighted by molar-refractivity contribution is 0.274. The van der Waals surface area contributed by atoms with Crippen LogP contribution in [0.15, 0.2) is 24.3 Å². The van der Waals surface area contributed by atoms with Crippen LogP contribution in [-0.2, 0) is 0 Å². The molecule has 1 aliphatic heterocycles. The molecule has 0 saturated carbocycles. The number of ether oxygens (including phenoxy) is 1. The number of para-hydroxylation sites is 1. The van der Waals surface area contributed by atoms with Gasteiger partial charge < -0.3 is 10.1 Å². The smallest absolute Gasteiger partial charge is 0.122 e. The van der Waals surface area contributed by atoms with Crippen LogP contribution in [0.25, 0.3) is 0 Å². The van der Waals surface area contributed by atoms with E-state index in [0.717, 1.165) is 24.7 Å². The molecule has 1 fully saturated rings. The first-order valence-electron chi connectivity index (χ1n) is 5.36. The van der Waals surface area contributed by atoms with E-state index in [0.29, 0.717) is 6.04 Å². The van der Waals surface area contributed by atoms with E-state index in [1.54, 1.807) is 0 Å². The first kappa shape index (κ1) is 10.8. The largest absolute Gasteiger partial charge is 0.492 e. The van der Waals surface area contributed by atoms with Crippen molar-refractivity contribution in [2.24, 2.45) is 0 Å². The van der Waals surface area contributed by atoms with Crippen LogP contribution in [0.3, 0.4) is 0 Å². The Hall–Kier alpha value is -0.670. The second-order valence-electron chi connectivity index (χ2n) is 3.80. The number of thioether (sulfide) groups is 1. The third-order valence-corrected chi connectivity index (χ3v) is 3.66. The highest BCUT2D eigenvalue weighted by Crippen LogP contribution is 2.17. The minimum Gasteiger partial charge on any atom is -0.492 e. The van der Waals surface area contributed by atoms with Gasteiger partial charge in [-0.1, -0.05) is 18.2 Å². The van der Waals surface area contributed by atoms with Crippen LogP contribution < -0.4 is 10.1 Å². The first-order valence-corrected chi connectivity index (χ1v) is 6.51. The molecule has 0 aromatic heterocycles. The Balaban J connectivity index is 1.84. The third-order valence-electron chi connectivity index (χ3n) is 2.53. The summed E-state index contributed by atoms with van der Waals surface area (Å²) >= 11 is 2.00. The van der Waals surface area contributed by atoms with Gasteiger partial charge in [-0.25, -0.2) is 0 Å². The van der Waals surface area contributed by atoms with Crippen molar-refractivity contribution in [1.29, 1.82) is 0 Å². The zero-order chi connectivity index (χ0) is 10.5. The van der Waals surface area contributed by atoms with Gasteiger partial charge >= 0.3 is 0 Å². The van der Waals surface area contributed by atoms with Gasteiger partial charge in [0, 0.05) is 18.1 Å². The zero-order valence-corrected chi connectivity index (χ0v) is 9.85. The molecule has 3 heteroatoms. The van der Waals surface area contributed by atoms with E-state index < -0.39 is 0 Å². The number of hydrogen-bond acceptors (Lipinski definition) is 3. The first-order chi connectivity index (χ1) is 7.36. The molecule has 0 bridgehead atoms. The normalized spacial score (nSPS) is 21.3. The molecule has 1 heterocycles. The van der Waals surface area contributed by atoms with Crippen LogP contribution in [0.5, 0.6) is 5.75 Å². The van der Waals surface area contributed by atoms with Crippen LogP contribution in [0.4, 0.5) is 0 Å². The summed E-state index contributed by atoms with van der Waals surface area (Å²) in [5.41, 5.74) is 1.21. The summed E-state index contributed by atoms with van der Waals surface area (Å²) in [4.78, 5) is 0. The van der Waals surface area contributed by atoms with Crippen LogP contribution in [0.2, 0.25) is 0 Å². The molecule has 2 nitrogen and oxygen atoms in total. The van der Waals surface area contributed by atoms with Gasteiger partial charge in [0.1, 0.15) is 12.4 Å². The van der Waals surface area contributed by atoms with Gasteiger partial charge in [-0.15, -0.1) is 0 Å². The Morgan fingerprint density at radius 1 is 1.47 bits per heavy atom. The lowest BCUT2D eigenvalue weighted by atomic mass is 10.2. The van der Waals surface area contributed by atoms with Crippen molar-refractivity contribution in [1.82, 2.24) is 5.32 Å². The molecule has 0 radical (unpaired) electrons. The minimum absolute atomic E-state index is 0.503. The van der Waals surface area contributed by atoms with Crippen LogP contribution in [0.1, 0.15) is 5.56 Å². The van der Waals surface area contributed by atoms with Gasteiger partial charge in [0.25, 0.3) is 0 Å². The van der Waals surface area contributed by atoms with Crippen molar-refractivity contribution in [3.63, 3.8) is 0 Å². The summed E-state index contributed by atoms with van der Waals surface area (Å²) in [5, 5.41) is 3.46. The van der Waals surface area contributed by atoms with Crippen molar-refractivity contribution >= 4 is 11.8 Å². The van der Waals surface area contributed by atoms with Crippen molar-refractivity contribution in [2.45, 2.75) is 13.0 Å². The lowest BCUT2D eigenvalue weighted by Gasteiger charge is -2.23. The Morgan fingerprint density at radius 2 is 2.33 bits per heavy atom. The monoisotopic (exact) mass is 223 g/mol. The Kier molecular flexibility index (Phi) is 3.92. The highest BCUT2D eigenvalue weighted by atomic mass is 32.2. The molecule has 15 heavy (non-hydrogen) atoms. The fourth-order valence-corrected chi connectivity index (χ4v) is 2.56. The fourth-order valence-electron chi connectivity index (χ4n) is 1.64. The van der Waals surface area contributed by atoms with E-state index in [-0.39, 0.29) is 0 Å². The maximum atomic E-state index is 5.80. The van der Waals surface area contributed by atoms with Gasteiger partial charge in [-0.3, -0.25) is 0 Å². The van der Waals surface area contributed by atoms with E-state index in [2.05, 4.69) is 18.3 Å². The van der Waals surface area contributed by atoms with Crippen molar-refractivity contribution < 1.29 is 4.74 Å². The molecule has 0 aliphatic carbocycles. The highest BCUT2D eigenvalue weighted by molar-refractivity contribution is 7.99. The minimum atomic E-state index is 0.503. The Labute approximate surface area is 95.4 Å². The SMILES string of the molecule is Cc1ccccc1OCC1CSCCN1. The maximum Gasteiger partial charge on any atom is 0.122 e. The van der Waals surface area contributed by atoms with Gasteiger partial charge in [-0.05, 0) is 18.6 Å². The van der Waals surface area contributed by atoms with Gasteiger partial charge in [0.15, 0.2) is 0 Å². The Bertz CT molecular complexity index is 310. The number of rotatable bonds is 3. The molecule has 82 valence electrons. The predicted molar refractivity (Wildman–Crippen MR) is 65.8 cm³/mol. The summed E-state index contributed by atoms with van der Waals surface area (Å²) in [7, 11) is 0. The summed E-state index contributed by atoms with van der Waals surface area (Å²) in [6.07, 6.45) is 0. The number of hydrogen-bond donors (Lipinski definition) is 1. The van der Waals surface area contributed by atoms with Crippen LogP contribution in [-0.4, -0.2) is 30.7 Å². The molecule has 1 aromatic carbocycles.